The molecule has 4 heteroatoms. The molecule has 25 heavy (non-hydrogen) atoms. The number of hydrogen-bond donors (Lipinski definition) is 1. The van der Waals surface area contributed by atoms with Crippen molar-refractivity contribution in [3.63, 3.8) is 0 Å². The lowest BCUT2D eigenvalue weighted by Crippen LogP contribution is -2.26. The molecule has 1 aromatic heterocycles. The van der Waals surface area contributed by atoms with Crippen molar-refractivity contribution in [3.8, 4) is 17.2 Å². The van der Waals surface area contributed by atoms with E-state index in [1.54, 1.807) is 13.4 Å². The van der Waals surface area contributed by atoms with Crippen molar-refractivity contribution in [2.75, 3.05) is 7.11 Å². The molecule has 0 fully saturated rings. The second kappa shape index (κ2) is 8.49. The smallest absolute Gasteiger partial charge is 0.226 e. The van der Waals surface area contributed by atoms with Crippen molar-refractivity contribution in [1.29, 1.82) is 0 Å². The molecule has 1 atom stereocenters. The van der Waals surface area contributed by atoms with Gasteiger partial charge >= 0.3 is 0 Å². The zero-order valence-corrected chi connectivity index (χ0v) is 14.7. The molecule has 0 bridgehead atoms. The van der Waals surface area contributed by atoms with Gasteiger partial charge in [0.05, 0.1) is 12.8 Å². The molecule has 2 aromatic carbocycles. The zero-order chi connectivity index (χ0) is 17.5. The molecule has 0 saturated heterocycles. The Morgan fingerprint density at radius 1 is 1.12 bits per heavy atom. The number of nitrogens with zero attached hydrogens (tertiary/aromatic N) is 1. The molecule has 0 spiro atoms. The van der Waals surface area contributed by atoms with E-state index in [0.717, 1.165) is 29.8 Å². The van der Waals surface area contributed by atoms with Gasteiger partial charge < -0.3 is 14.5 Å². The van der Waals surface area contributed by atoms with Crippen LogP contribution < -0.4 is 10.1 Å². The third-order valence-corrected chi connectivity index (χ3v) is 4.21. The van der Waals surface area contributed by atoms with Crippen LogP contribution in [-0.4, -0.2) is 18.1 Å². The van der Waals surface area contributed by atoms with Gasteiger partial charge in [-0.05, 0) is 43.5 Å². The number of methoxy groups -OCH3 is 1. The topological polar surface area (TPSA) is 47.3 Å². The summed E-state index contributed by atoms with van der Waals surface area (Å²) in [4.78, 5) is 4.56. The summed E-state index contributed by atoms with van der Waals surface area (Å²) in [6, 6.07) is 18.7. The molecule has 0 aliphatic heterocycles. The van der Waals surface area contributed by atoms with E-state index in [2.05, 4.69) is 47.6 Å². The normalized spacial score (nSPS) is 12.1. The summed E-state index contributed by atoms with van der Waals surface area (Å²) >= 11 is 0. The lowest BCUT2D eigenvalue weighted by molar-refractivity contribution is 0.414. The second-order valence-electron chi connectivity index (χ2n) is 6.18. The highest BCUT2D eigenvalue weighted by Gasteiger charge is 2.09. The lowest BCUT2D eigenvalue weighted by Gasteiger charge is -2.12. The Bertz CT molecular complexity index is 783. The maximum atomic E-state index is 5.61. The number of aromatic nitrogens is 1. The molecule has 0 aliphatic rings. The molecule has 0 radical (unpaired) electrons. The third-order valence-electron chi connectivity index (χ3n) is 4.21. The fraction of sp³-hybridized carbons (Fsp3) is 0.286. The molecule has 1 N–H and O–H groups in total. The van der Waals surface area contributed by atoms with E-state index < -0.39 is 0 Å². The first-order valence-corrected chi connectivity index (χ1v) is 8.61. The molecule has 1 heterocycles. The second-order valence-corrected chi connectivity index (χ2v) is 6.18. The van der Waals surface area contributed by atoms with Crippen molar-refractivity contribution in [1.82, 2.24) is 10.3 Å². The number of oxazole rings is 1. The van der Waals surface area contributed by atoms with Crippen LogP contribution in [0, 0.1) is 0 Å². The Kier molecular flexibility index (Phi) is 5.86. The highest BCUT2D eigenvalue weighted by molar-refractivity contribution is 5.55. The maximum absolute atomic E-state index is 5.61. The van der Waals surface area contributed by atoms with Gasteiger partial charge in [0, 0.05) is 18.2 Å². The number of hydrogen-bond acceptors (Lipinski definition) is 4. The van der Waals surface area contributed by atoms with E-state index in [4.69, 9.17) is 9.15 Å². The van der Waals surface area contributed by atoms with Crippen molar-refractivity contribution < 1.29 is 9.15 Å². The Morgan fingerprint density at radius 2 is 1.96 bits per heavy atom. The quantitative estimate of drug-likeness (QED) is 0.660. The molecule has 1 unspecified atom stereocenters. The van der Waals surface area contributed by atoms with Crippen LogP contribution in [0.3, 0.4) is 0 Å². The summed E-state index contributed by atoms with van der Waals surface area (Å²) in [6.07, 6.45) is 3.87. The minimum atomic E-state index is 0.414. The average Bonchev–Trinajstić information content (AvgIpc) is 3.15. The van der Waals surface area contributed by atoms with Crippen LogP contribution in [0.1, 0.15) is 24.6 Å². The van der Waals surface area contributed by atoms with E-state index >= 15 is 0 Å². The van der Waals surface area contributed by atoms with E-state index in [1.165, 1.54) is 5.56 Å². The van der Waals surface area contributed by atoms with Gasteiger partial charge in [0.15, 0.2) is 0 Å². The van der Waals surface area contributed by atoms with E-state index in [1.807, 2.05) is 24.3 Å². The predicted octanol–water partition coefficient (Wildman–Crippen LogP) is 4.46. The standard InChI is InChI=1S/C21H24N2O2/c1-16(11-12-17-7-4-3-5-8-17)22-14-19-15-25-21(23-19)18-9-6-10-20(13-18)24-2/h3-10,13,15-16,22H,11-12,14H2,1-2H3. The highest BCUT2D eigenvalue weighted by atomic mass is 16.5. The molecule has 0 aliphatic carbocycles. The minimum absolute atomic E-state index is 0.414. The lowest BCUT2D eigenvalue weighted by atomic mass is 10.1. The molecule has 3 aromatic rings. The molecule has 4 nitrogen and oxygen atoms in total. The number of nitrogens with one attached hydrogen (secondary N) is 1. The minimum Gasteiger partial charge on any atom is -0.497 e. The number of rotatable bonds is 8. The summed E-state index contributed by atoms with van der Waals surface area (Å²) in [5.41, 5.74) is 3.20. The largest absolute Gasteiger partial charge is 0.497 e. The fourth-order valence-electron chi connectivity index (χ4n) is 2.69. The molecule has 0 saturated carbocycles. The summed E-state index contributed by atoms with van der Waals surface area (Å²) < 4.78 is 10.8. The molecule has 3 rings (SSSR count). The number of ether oxygens (including phenoxy) is 1. The summed E-state index contributed by atoms with van der Waals surface area (Å²) in [5.74, 6) is 1.41. The monoisotopic (exact) mass is 336 g/mol. The fourth-order valence-corrected chi connectivity index (χ4v) is 2.69. The molecule has 0 amide bonds. The first kappa shape index (κ1) is 17.2. The van der Waals surface area contributed by atoms with Crippen LogP contribution in [0.4, 0.5) is 0 Å². The van der Waals surface area contributed by atoms with Gasteiger partial charge in [0.1, 0.15) is 12.0 Å². The van der Waals surface area contributed by atoms with Gasteiger partial charge in [0.2, 0.25) is 5.89 Å². The van der Waals surface area contributed by atoms with Crippen LogP contribution in [0.25, 0.3) is 11.5 Å². The Labute approximate surface area is 148 Å². The summed E-state index contributed by atoms with van der Waals surface area (Å²) in [7, 11) is 1.65. The predicted molar refractivity (Wildman–Crippen MR) is 99.6 cm³/mol. The van der Waals surface area contributed by atoms with Crippen molar-refractivity contribution in [3.05, 3.63) is 72.1 Å². The van der Waals surface area contributed by atoms with Crippen molar-refractivity contribution in [2.24, 2.45) is 0 Å². The maximum Gasteiger partial charge on any atom is 0.226 e. The number of benzene rings is 2. The van der Waals surface area contributed by atoms with E-state index in [0.29, 0.717) is 18.5 Å². The Balaban J connectivity index is 1.51. The van der Waals surface area contributed by atoms with Crippen molar-refractivity contribution >= 4 is 0 Å². The van der Waals surface area contributed by atoms with Crippen LogP contribution in [-0.2, 0) is 13.0 Å². The van der Waals surface area contributed by atoms with Crippen LogP contribution in [0.5, 0.6) is 5.75 Å². The Hall–Kier alpha value is -2.59. The third kappa shape index (κ3) is 4.94. The Morgan fingerprint density at radius 3 is 2.76 bits per heavy atom. The average molecular weight is 336 g/mol. The van der Waals surface area contributed by atoms with Crippen LogP contribution >= 0.6 is 0 Å². The van der Waals surface area contributed by atoms with E-state index in [-0.39, 0.29) is 0 Å². The van der Waals surface area contributed by atoms with Crippen molar-refractivity contribution in [2.45, 2.75) is 32.4 Å². The van der Waals surface area contributed by atoms with Gasteiger partial charge in [-0.2, -0.15) is 0 Å². The SMILES string of the molecule is COc1cccc(-c2nc(CNC(C)CCc3ccccc3)co2)c1. The van der Waals surface area contributed by atoms with Gasteiger partial charge in [-0.25, -0.2) is 4.98 Å². The number of aryl methyl sites for hydroxylation is 1. The van der Waals surface area contributed by atoms with Gasteiger partial charge in [-0.1, -0.05) is 36.4 Å². The molecular weight excluding hydrogens is 312 g/mol. The van der Waals surface area contributed by atoms with Gasteiger partial charge in [-0.3, -0.25) is 0 Å². The summed E-state index contributed by atoms with van der Waals surface area (Å²) in [6.45, 7) is 2.90. The van der Waals surface area contributed by atoms with Crippen LogP contribution in [0.2, 0.25) is 0 Å². The summed E-state index contributed by atoms with van der Waals surface area (Å²) in [5, 5.41) is 3.51. The highest BCUT2D eigenvalue weighted by Crippen LogP contribution is 2.23. The first-order valence-electron chi connectivity index (χ1n) is 8.61. The van der Waals surface area contributed by atoms with Gasteiger partial charge in [0.25, 0.3) is 0 Å². The van der Waals surface area contributed by atoms with Gasteiger partial charge in [-0.15, -0.1) is 0 Å². The zero-order valence-electron chi connectivity index (χ0n) is 14.7. The first-order chi connectivity index (χ1) is 12.2. The molecule has 130 valence electrons. The molecular formula is C21H24N2O2. The van der Waals surface area contributed by atoms with E-state index in [9.17, 15) is 0 Å². The van der Waals surface area contributed by atoms with Crippen LogP contribution in [0.15, 0.2) is 65.3 Å².